The number of aliphatic carboxylic acids is 1. The van der Waals surface area contributed by atoms with E-state index in [1.165, 1.54) is 12.1 Å². The van der Waals surface area contributed by atoms with Crippen LogP contribution in [0.15, 0.2) is 24.3 Å². The predicted octanol–water partition coefficient (Wildman–Crippen LogP) is 3.16. The first kappa shape index (κ1) is 15.0. The lowest BCUT2D eigenvalue weighted by Crippen LogP contribution is -2.38. The van der Waals surface area contributed by atoms with E-state index in [4.69, 9.17) is 0 Å². The molecule has 20 heavy (non-hydrogen) atoms. The lowest BCUT2D eigenvalue weighted by Gasteiger charge is -2.23. The fraction of sp³-hybridized carbons (Fsp3) is 0.562. The Kier molecular flexibility index (Phi) is 4.14. The fourth-order valence-corrected chi connectivity index (χ4v) is 3.07. The number of hydrogen-bond acceptors (Lipinski definition) is 2. The molecule has 3 unspecified atom stereocenters. The molecule has 0 radical (unpaired) electrons. The van der Waals surface area contributed by atoms with E-state index < -0.39 is 12.0 Å². The molecule has 4 heteroatoms. The van der Waals surface area contributed by atoms with Gasteiger partial charge in [0.2, 0.25) is 0 Å². The molecule has 0 spiro atoms. The van der Waals surface area contributed by atoms with Gasteiger partial charge in [-0.3, -0.25) is 4.79 Å². The van der Waals surface area contributed by atoms with E-state index in [0.29, 0.717) is 0 Å². The number of halogens is 1. The first-order valence-corrected chi connectivity index (χ1v) is 7.00. The van der Waals surface area contributed by atoms with Crippen molar-refractivity contribution in [3.63, 3.8) is 0 Å². The number of rotatable bonds is 3. The van der Waals surface area contributed by atoms with Crippen LogP contribution in [0.4, 0.5) is 4.39 Å². The van der Waals surface area contributed by atoms with Crippen molar-refractivity contribution >= 4 is 5.97 Å². The zero-order chi connectivity index (χ0) is 14.9. The van der Waals surface area contributed by atoms with Crippen LogP contribution in [-0.4, -0.2) is 23.2 Å². The number of carboxylic acid groups (broad SMARTS) is 1. The third-order valence-corrected chi connectivity index (χ3v) is 3.76. The first-order chi connectivity index (χ1) is 9.26. The summed E-state index contributed by atoms with van der Waals surface area (Å²) in [6, 6.07) is 5.80. The van der Waals surface area contributed by atoms with E-state index in [-0.39, 0.29) is 23.2 Å². The van der Waals surface area contributed by atoms with E-state index >= 15 is 0 Å². The van der Waals surface area contributed by atoms with Crippen molar-refractivity contribution in [2.75, 3.05) is 0 Å². The molecule has 0 aromatic heterocycles. The number of benzene rings is 1. The van der Waals surface area contributed by atoms with Crippen molar-refractivity contribution in [3.05, 3.63) is 35.6 Å². The molecule has 0 saturated carbocycles. The molecule has 1 fully saturated rings. The Hall–Kier alpha value is -1.42. The number of carbonyl (C=O) groups is 1. The van der Waals surface area contributed by atoms with Gasteiger partial charge in [-0.1, -0.05) is 32.9 Å². The van der Waals surface area contributed by atoms with Crippen molar-refractivity contribution in [1.29, 1.82) is 0 Å². The molecule has 0 aliphatic carbocycles. The van der Waals surface area contributed by atoms with Crippen molar-refractivity contribution in [3.8, 4) is 0 Å². The van der Waals surface area contributed by atoms with Gasteiger partial charge in [0.05, 0.1) is 0 Å². The zero-order valence-electron chi connectivity index (χ0n) is 12.2. The van der Waals surface area contributed by atoms with Crippen LogP contribution < -0.4 is 5.32 Å². The summed E-state index contributed by atoms with van der Waals surface area (Å²) >= 11 is 0. The molecular formula is C16H22FNO2. The van der Waals surface area contributed by atoms with Crippen LogP contribution in [0.25, 0.3) is 0 Å². The van der Waals surface area contributed by atoms with Gasteiger partial charge in [0.15, 0.2) is 0 Å². The standard InChI is InChI=1S/C16H22FNO2/c1-16(2,3)9-12-8-13(14(18-12)15(19)20)10-5-4-6-11(17)7-10/h4-7,12-14,18H,8-9H2,1-3H3,(H,19,20). The monoisotopic (exact) mass is 279 g/mol. The number of nitrogens with one attached hydrogen (secondary N) is 1. The molecule has 3 atom stereocenters. The molecule has 3 nitrogen and oxygen atoms in total. The van der Waals surface area contributed by atoms with Crippen LogP contribution in [0.1, 0.15) is 45.1 Å². The lowest BCUT2D eigenvalue weighted by molar-refractivity contribution is -0.139. The molecule has 1 saturated heterocycles. The van der Waals surface area contributed by atoms with Crippen LogP contribution in [-0.2, 0) is 4.79 Å². The smallest absolute Gasteiger partial charge is 0.321 e. The SMILES string of the molecule is CC(C)(C)CC1CC(c2cccc(F)c2)C(C(=O)O)N1. The Labute approximate surface area is 119 Å². The average molecular weight is 279 g/mol. The van der Waals surface area contributed by atoms with E-state index in [1.54, 1.807) is 6.07 Å². The summed E-state index contributed by atoms with van der Waals surface area (Å²) in [5, 5.41) is 12.6. The summed E-state index contributed by atoms with van der Waals surface area (Å²) in [5.41, 5.74) is 0.902. The molecule has 1 aliphatic rings. The topological polar surface area (TPSA) is 49.3 Å². The third-order valence-electron chi connectivity index (χ3n) is 3.76. The highest BCUT2D eigenvalue weighted by atomic mass is 19.1. The highest BCUT2D eigenvalue weighted by molar-refractivity contribution is 5.75. The maximum Gasteiger partial charge on any atom is 0.321 e. The molecule has 1 aromatic carbocycles. The summed E-state index contributed by atoms with van der Waals surface area (Å²) in [5.74, 6) is -1.35. The Morgan fingerprint density at radius 1 is 1.45 bits per heavy atom. The Morgan fingerprint density at radius 3 is 2.70 bits per heavy atom. The second kappa shape index (κ2) is 5.52. The summed E-state index contributed by atoms with van der Waals surface area (Å²) in [4.78, 5) is 11.4. The van der Waals surface area contributed by atoms with Gasteiger partial charge >= 0.3 is 5.97 Å². The molecular weight excluding hydrogens is 257 g/mol. The van der Waals surface area contributed by atoms with Crippen LogP contribution in [0.2, 0.25) is 0 Å². The Bertz CT molecular complexity index is 495. The zero-order valence-corrected chi connectivity index (χ0v) is 12.2. The summed E-state index contributed by atoms with van der Waals surface area (Å²) in [6.07, 6.45) is 1.64. The van der Waals surface area contributed by atoms with Gasteiger partial charge < -0.3 is 10.4 Å². The van der Waals surface area contributed by atoms with E-state index in [9.17, 15) is 14.3 Å². The van der Waals surface area contributed by atoms with Crippen molar-refractivity contribution < 1.29 is 14.3 Å². The van der Waals surface area contributed by atoms with Crippen LogP contribution in [0.5, 0.6) is 0 Å². The van der Waals surface area contributed by atoms with Gasteiger partial charge in [0, 0.05) is 12.0 Å². The minimum atomic E-state index is -0.865. The maximum absolute atomic E-state index is 13.3. The molecule has 1 aromatic rings. The highest BCUT2D eigenvalue weighted by Gasteiger charge is 2.40. The molecule has 0 bridgehead atoms. The van der Waals surface area contributed by atoms with E-state index in [2.05, 4.69) is 26.1 Å². The van der Waals surface area contributed by atoms with Gasteiger partial charge in [-0.05, 0) is 36.0 Å². The largest absolute Gasteiger partial charge is 0.480 e. The maximum atomic E-state index is 13.3. The molecule has 1 heterocycles. The average Bonchev–Trinajstić information content (AvgIpc) is 2.70. The molecule has 0 amide bonds. The van der Waals surface area contributed by atoms with Crippen LogP contribution in [0.3, 0.4) is 0 Å². The molecule has 110 valence electrons. The summed E-state index contributed by atoms with van der Waals surface area (Å²) < 4.78 is 13.3. The number of hydrogen-bond donors (Lipinski definition) is 2. The van der Waals surface area contributed by atoms with Gasteiger partial charge in [-0.25, -0.2) is 4.39 Å². The molecule has 2 N–H and O–H groups in total. The Balaban J connectivity index is 2.20. The van der Waals surface area contributed by atoms with E-state index in [1.807, 2.05) is 6.07 Å². The summed E-state index contributed by atoms with van der Waals surface area (Å²) in [7, 11) is 0. The minimum absolute atomic E-state index is 0.136. The van der Waals surface area contributed by atoms with Gasteiger partial charge in [-0.2, -0.15) is 0 Å². The van der Waals surface area contributed by atoms with Gasteiger partial charge in [0.25, 0.3) is 0 Å². The van der Waals surface area contributed by atoms with Crippen LogP contribution in [0, 0.1) is 11.2 Å². The number of carboxylic acids is 1. The minimum Gasteiger partial charge on any atom is -0.480 e. The van der Waals surface area contributed by atoms with Gasteiger partial charge in [0.1, 0.15) is 11.9 Å². The third kappa shape index (κ3) is 3.57. The molecule has 1 aliphatic heterocycles. The fourth-order valence-electron chi connectivity index (χ4n) is 3.07. The normalized spacial score (nSPS) is 26.7. The molecule has 2 rings (SSSR count). The lowest BCUT2D eigenvalue weighted by atomic mass is 9.84. The second-order valence-corrected chi connectivity index (χ2v) is 6.84. The Morgan fingerprint density at radius 2 is 2.15 bits per heavy atom. The summed E-state index contributed by atoms with van der Waals surface area (Å²) in [6.45, 7) is 6.42. The highest BCUT2D eigenvalue weighted by Crippen LogP contribution is 2.35. The van der Waals surface area contributed by atoms with Gasteiger partial charge in [-0.15, -0.1) is 0 Å². The van der Waals surface area contributed by atoms with Crippen molar-refractivity contribution in [2.24, 2.45) is 5.41 Å². The van der Waals surface area contributed by atoms with Crippen LogP contribution >= 0.6 is 0 Å². The second-order valence-electron chi connectivity index (χ2n) is 6.84. The predicted molar refractivity (Wildman–Crippen MR) is 76.2 cm³/mol. The van der Waals surface area contributed by atoms with Crippen molar-refractivity contribution in [1.82, 2.24) is 5.32 Å². The quantitative estimate of drug-likeness (QED) is 0.893. The van der Waals surface area contributed by atoms with E-state index in [0.717, 1.165) is 18.4 Å². The van der Waals surface area contributed by atoms with Crippen molar-refractivity contribution in [2.45, 2.75) is 51.6 Å². The first-order valence-electron chi connectivity index (χ1n) is 7.00.